The lowest BCUT2D eigenvalue weighted by atomic mass is 9.88. The van der Waals surface area contributed by atoms with Crippen molar-refractivity contribution in [3.8, 4) is 11.1 Å². The first kappa shape index (κ1) is 11.4. The monoisotopic (exact) mass is 239 g/mol. The molecule has 1 aromatic heterocycles. The van der Waals surface area contributed by atoms with Crippen LogP contribution < -0.4 is 0 Å². The van der Waals surface area contributed by atoms with Crippen molar-refractivity contribution in [1.29, 1.82) is 0 Å². The standard InChI is InChI=1S/C15H17N3/c1-11-13-4-3-5-14(12-8-16-10-17-9-12)15(13)6-7-18(11)2/h3-5,8-11H,6-7H2,1-2H3. The SMILES string of the molecule is CC1c2cccc(-c3cncnc3)c2CCN1C. The molecule has 0 spiro atoms. The fourth-order valence-electron chi connectivity index (χ4n) is 2.70. The number of nitrogens with zero attached hydrogens (tertiary/aromatic N) is 3. The maximum atomic E-state index is 4.12. The van der Waals surface area contributed by atoms with Crippen molar-refractivity contribution in [3.05, 3.63) is 48.0 Å². The van der Waals surface area contributed by atoms with Crippen molar-refractivity contribution in [2.45, 2.75) is 19.4 Å². The summed E-state index contributed by atoms with van der Waals surface area (Å²) in [6.45, 7) is 3.38. The molecule has 0 fully saturated rings. The van der Waals surface area contributed by atoms with Gasteiger partial charge in [0.1, 0.15) is 6.33 Å². The molecule has 92 valence electrons. The Bertz CT molecular complexity index is 551. The van der Waals surface area contributed by atoms with Gasteiger partial charge in [0.05, 0.1) is 0 Å². The quantitative estimate of drug-likeness (QED) is 0.766. The number of hydrogen-bond donors (Lipinski definition) is 0. The van der Waals surface area contributed by atoms with E-state index in [1.54, 1.807) is 6.33 Å². The molecule has 0 bridgehead atoms. The first-order valence-electron chi connectivity index (χ1n) is 6.35. The Morgan fingerprint density at radius 3 is 2.78 bits per heavy atom. The summed E-state index contributed by atoms with van der Waals surface area (Å²) in [6.07, 6.45) is 6.47. The van der Waals surface area contributed by atoms with Crippen LogP contribution >= 0.6 is 0 Å². The second-order valence-electron chi connectivity index (χ2n) is 4.91. The molecule has 1 aliphatic rings. The van der Waals surface area contributed by atoms with E-state index in [9.17, 15) is 0 Å². The number of hydrogen-bond acceptors (Lipinski definition) is 3. The largest absolute Gasteiger partial charge is 0.299 e. The van der Waals surface area contributed by atoms with Crippen LogP contribution in [0.5, 0.6) is 0 Å². The lowest BCUT2D eigenvalue weighted by molar-refractivity contribution is 0.248. The normalized spacial score (nSPS) is 19.6. The predicted octanol–water partition coefficient (Wildman–Crippen LogP) is 2.69. The minimum atomic E-state index is 0.485. The molecular formula is C15H17N3. The lowest BCUT2D eigenvalue weighted by Gasteiger charge is -2.33. The number of rotatable bonds is 1. The van der Waals surface area contributed by atoms with Crippen molar-refractivity contribution in [2.24, 2.45) is 0 Å². The highest BCUT2D eigenvalue weighted by atomic mass is 15.1. The summed E-state index contributed by atoms with van der Waals surface area (Å²) >= 11 is 0. The fraction of sp³-hybridized carbons (Fsp3) is 0.333. The highest BCUT2D eigenvalue weighted by molar-refractivity contribution is 5.68. The van der Waals surface area contributed by atoms with E-state index in [0.717, 1.165) is 18.5 Å². The maximum Gasteiger partial charge on any atom is 0.115 e. The number of likely N-dealkylation sites (N-methyl/N-ethyl adjacent to an activating group) is 1. The zero-order chi connectivity index (χ0) is 12.5. The smallest absolute Gasteiger partial charge is 0.115 e. The van der Waals surface area contributed by atoms with Crippen LogP contribution in [0.2, 0.25) is 0 Å². The Hall–Kier alpha value is -1.74. The molecule has 3 nitrogen and oxygen atoms in total. The van der Waals surface area contributed by atoms with Crippen LogP contribution in [0.25, 0.3) is 11.1 Å². The summed E-state index contributed by atoms with van der Waals surface area (Å²) in [7, 11) is 2.19. The van der Waals surface area contributed by atoms with E-state index in [0.29, 0.717) is 6.04 Å². The molecule has 0 amide bonds. The first-order valence-corrected chi connectivity index (χ1v) is 6.35. The maximum absolute atomic E-state index is 4.12. The molecule has 1 atom stereocenters. The third-order valence-electron chi connectivity index (χ3n) is 3.91. The van der Waals surface area contributed by atoms with Crippen molar-refractivity contribution < 1.29 is 0 Å². The van der Waals surface area contributed by atoms with Gasteiger partial charge in [0.25, 0.3) is 0 Å². The van der Waals surface area contributed by atoms with E-state index in [1.807, 2.05) is 12.4 Å². The van der Waals surface area contributed by atoms with Crippen LogP contribution in [0.15, 0.2) is 36.9 Å². The molecule has 1 aliphatic heterocycles. The van der Waals surface area contributed by atoms with E-state index < -0.39 is 0 Å². The zero-order valence-corrected chi connectivity index (χ0v) is 10.8. The van der Waals surface area contributed by atoms with Gasteiger partial charge in [-0.1, -0.05) is 18.2 Å². The van der Waals surface area contributed by atoms with Gasteiger partial charge in [0, 0.05) is 30.5 Å². The summed E-state index contributed by atoms with van der Waals surface area (Å²) in [5.74, 6) is 0. The predicted molar refractivity (Wildman–Crippen MR) is 72.2 cm³/mol. The van der Waals surface area contributed by atoms with Gasteiger partial charge in [-0.05, 0) is 37.1 Å². The van der Waals surface area contributed by atoms with Crippen LogP contribution in [-0.4, -0.2) is 28.5 Å². The molecule has 1 unspecified atom stereocenters. The summed E-state index contributed by atoms with van der Waals surface area (Å²) in [6, 6.07) is 7.04. The third-order valence-corrected chi connectivity index (χ3v) is 3.91. The van der Waals surface area contributed by atoms with Gasteiger partial charge in [-0.2, -0.15) is 0 Å². The molecule has 0 aliphatic carbocycles. The van der Waals surface area contributed by atoms with Crippen LogP contribution in [0.4, 0.5) is 0 Å². The fourth-order valence-corrected chi connectivity index (χ4v) is 2.70. The van der Waals surface area contributed by atoms with E-state index in [4.69, 9.17) is 0 Å². The summed E-state index contributed by atoms with van der Waals surface area (Å²) < 4.78 is 0. The second kappa shape index (κ2) is 4.50. The van der Waals surface area contributed by atoms with Gasteiger partial charge in [-0.15, -0.1) is 0 Å². The molecule has 2 aromatic rings. The van der Waals surface area contributed by atoms with Gasteiger partial charge < -0.3 is 0 Å². The molecule has 0 N–H and O–H groups in total. The average molecular weight is 239 g/mol. The van der Waals surface area contributed by atoms with E-state index in [-0.39, 0.29) is 0 Å². The Labute approximate surface area is 108 Å². The first-order chi connectivity index (χ1) is 8.77. The highest BCUT2D eigenvalue weighted by Gasteiger charge is 2.22. The second-order valence-corrected chi connectivity index (χ2v) is 4.91. The molecule has 0 saturated carbocycles. The van der Waals surface area contributed by atoms with Crippen LogP contribution in [0.3, 0.4) is 0 Å². The molecule has 2 heterocycles. The van der Waals surface area contributed by atoms with Crippen LogP contribution in [0.1, 0.15) is 24.1 Å². The summed E-state index contributed by atoms with van der Waals surface area (Å²) in [4.78, 5) is 10.6. The third kappa shape index (κ3) is 1.81. The van der Waals surface area contributed by atoms with Gasteiger partial charge in [0.15, 0.2) is 0 Å². The minimum Gasteiger partial charge on any atom is -0.299 e. The Morgan fingerprint density at radius 2 is 2.00 bits per heavy atom. The van der Waals surface area contributed by atoms with Gasteiger partial charge in [-0.3, -0.25) is 4.90 Å². The number of aromatic nitrogens is 2. The van der Waals surface area contributed by atoms with Crippen LogP contribution in [-0.2, 0) is 6.42 Å². The molecule has 0 saturated heterocycles. The minimum absolute atomic E-state index is 0.485. The Morgan fingerprint density at radius 1 is 1.22 bits per heavy atom. The summed E-state index contributed by atoms with van der Waals surface area (Å²) in [5, 5.41) is 0. The molecule has 3 rings (SSSR count). The number of fused-ring (bicyclic) bond motifs is 1. The van der Waals surface area contributed by atoms with Gasteiger partial charge >= 0.3 is 0 Å². The molecular weight excluding hydrogens is 222 g/mol. The molecule has 1 aromatic carbocycles. The van der Waals surface area contributed by atoms with E-state index >= 15 is 0 Å². The average Bonchev–Trinajstić information content (AvgIpc) is 2.43. The topological polar surface area (TPSA) is 29.0 Å². The van der Waals surface area contributed by atoms with Crippen LogP contribution in [0, 0.1) is 0 Å². The van der Waals surface area contributed by atoms with Crippen molar-refractivity contribution in [2.75, 3.05) is 13.6 Å². The lowest BCUT2D eigenvalue weighted by Crippen LogP contribution is -2.30. The van der Waals surface area contributed by atoms with Crippen molar-refractivity contribution in [3.63, 3.8) is 0 Å². The summed E-state index contributed by atoms with van der Waals surface area (Å²) in [5.41, 5.74) is 5.29. The van der Waals surface area contributed by atoms with Gasteiger partial charge in [0.2, 0.25) is 0 Å². The van der Waals surface area contributed by atoms with E-state index in [2.05, 4.69) is 47.0 Å². The van der Waals surface area contributed by atoms with Crippen molar-refractivity contribution in [1.82, 2.24) is 14.9 Å². The number of benzene rings is 1. The highest BCUT2D eigenvalue weighted by Crippen LogP contribution is 2.34. The molecule has 18 heavy (non-hydrogen) atoms. The zero-order valence-electron chi connectivity index (χ0n) is 10.8. The Kier molecular flexibility index (Phi) is 2.84. The Balaban J connectivity index is 2.14. The van der Waals surface area contributed by atoms with Gasteiger partial charge in [-0.25, -0.2) is 9.97 Å². The van der Waals surface area contributed by atoms with Crippen molar-refractivity contribution >= 4 is 0 Å². The van der Waals surface area contributed by atoms with E-state index in [1.165, 1.54) is 16.7 Å². The molecule has 0 radical (unpaired) electrons. The molecule has 3 heteroatoms.